The quantitative estimate of drug-likeness (QED) is 0.506. The molecule has 0 radical (unpaired) electrons. The average molecular weight is 420 g/mol. The number of thiophene rings is 1. The van der Waals surface area contributed by atoms with Gasteiger partial charge in [-0.2, -0.15) is 5.10 Å². The molecule has 152 valence electrons. The summed E-state index contributed by atoms with van der Waals surface area (Å²) in [5.41, 5.74) is 1.54. The summed E-state index contributed by atoms with van der Waals surface area (Å²) < 4.78 is 1.76. The highest BCUT2D eigenvalue weighted by Gasteiger charge is 2.27. The van der Waals surface area contributed by atoms with Crippen molar-refractivity contribution in [2.45, 2.75) is 13.3 Å². The molecule has 1 amide bonds. The van der Waals surface area contributed by atoms with E-state index in [1.165, 1.54) is 0 Å². The van der Waals surface area contributed by atoms with Crippen molar-refractivity contribution in [3.05, 3.63) is 59.6 Å². The second-order valence-electron chi connectivity index (χ2n) is 7.07. The summed E-state index contributed by atoms with van der Waals surface area (Å²) in [4.78, 5) is 31.6. The first-order valence-electron chi connectivity index (χ1n) is 9.97. The zero-order valence-corrected chi connectivity index (χ0v) is 17.4. The van der Waals surface area contributed by atoms with Crippen molar-refractivity contribution in [1.82, 2.24) is 29.6 Å². The average Bonchev–Trinajstić information content (AvgIpc) is 3.46. The van der Waals surface area contributed by atoms with Crippen LogP contribution in [0.1, 0.15) is 23.0 Å². The van der Waals surface area contributed by atoms with Crippen LogP contribution in [0.2, 0.25) is 0 Å². The summed E-state index contributed by atoms with van der Waals surface area (Å²) in [6.07, 6.45) is 5.72. The predicted octanol–water partition coefficient (Wildman–Crippen LogP) is 2.80. The van der Waals surface area contributed by atoms with Crippen molar-refractivity contribution >= 4 is 33.3 Å². The minimum Gasteiger partial charge on any atom is -0.352 e. The highest BCUT2D eigenvalue weighted by atomic mass is 32.1. The van der Waals surface area contributed by atoms with Crippen LogP contribution < -0.4 is 4.90 Å². The monoisotopic (exact) mass is 419 g/mol. The summed E-state index contributed by atoms with van der Waals surface area (Å²) in [5, 5.41) is 7.56. The van der Waals surface area contributed by atoms with Crippen LogP contribution in [0, 0.1) is 0 Å². The van der Waals surface area contributed by atoms with E-state index in [4.69, 9.17) is 0 Å². The molecule has 5 rings (SSSR count). The lowest BCUT2D eigenvalue weighted by Gasteiger charge is -2.35. The van der Waals surface area contributed by atoms with Gasteiger partial charge in [-0.15, -0.1) is 11.3 Å². The highest BCUT2D eigenvalue weighted by Crippen LogP contribution is 2.27. The number of rotatable bonds is 4. The number of hydrogen-bond acceptors (Lipinski definition) is 7. The smallest absolute Gasteiger partial charge is 0.257 e. The second-order valence-corrected chi connectivity index (χ2v) is 7.97. The van der Waals surface area contributed by atoms with E-state index in [2.05, 4.69) is 31.0 Å². The Balaban J connectivity index is 1.34. The van der Waals surface area contributed by atoms with E-state index in [0.29, 0.717) is 25.1 Å². The number of fused-ring (bicyclic) bond motifs is 1. The van der Waals surface area contributed by atoms with E-state index in [1.807, 2.05) is 35.4 Å². The number of carbonyl (C=O) groups excluding carboxylic acids is 1. The van der Waals surface area contributed by atoms with E-state index in [0.717, 1.165) is 40.6 Å². The van der Waals surface area contributed by atoms with Crippen molar-refractivity contribution in [1.29, 1.82) is 0 Å². The van der Waals surface area contributed by atoms with Gasteiger partial charge in [0.25, 0.3) is 5.91 Å². The van der Waals surface area contributed by atoms with Crippen LogP contribution in [-0.4, -0.2) is 61.7 Å². The Hall–Kier alpha value is -3.33. The maximum atomic E-state index is 13.2. The van der Waals surface area contributed by atoms with Gasteiger partial charge in [0.05, 0.1) is 22.8 Å². The van der Waals surface area contributed by atoms with Crippen molar-refractivity contribution in [2.24, 2.45) is 0 Å². The van der Waals surface area contributed by atoms with Gasteiger partial charge < -0.3 is 9.80 Å². The number of carbonyl (C=O) groups is 1. The van der Waals surface area contributed by atoms with Crippen LogP contribution in [0.5, 0.6) is 0 Å². The molecule has 1 aliphatic heterocycles. The Kier molecular flexibility index (Phi) is 4.88. The van der Waals surface area contributed by atoms with Crippen LogP contribution in [0.25, 0.3) is 16.0 Å². The number of aromatic nitrogens is 5. The zero-order valence-electron chi connectivity index (χ0n) is 16.6. The topological polar surface area (TPSA) is 80.0 Å². The summed E-state index contributed by atoms with van der Waals surface area (Å²) in [5.74, 6) is 1.70. The van der Waals surface area contributed by atoms with E-state index < -0.39 is 0 Å². The largest absolute Gasteiger partial charge is 0.352 e. The number of pyridine rings is 1. The molecule has 1 aliphatic rings. The molecule has 8 nitrogen and oxygen atoms in total. The molecule has 30 heavy (non-hydrogen) atoms. The molecular formula is C21H21N7OS. The second kappa shape index (κ2) is 7.83. The van der Waals surface area contributed by atoms with Crippen LogP contribution in [0.15, 0.2) is 48.4 Å². The number of anilines is 1. The fraction of sp³-hybridized carbons (Fsp3) is 0.286. The summed E-state index contributed by atoms with van der Waals surface area (Å²) in [7, 11) is 0. The fourth-order valence-electron chi connectivity index (χ4n) is 3.89. The first-order valence-corrected chi connectivity index (χ1v) is 10.8. The third-order valence-corrected chi connectivity index (χ3v) is 6.23. The lowest BCUT2D eigenvalue weighted by atomic mass is 10.1. The van der Waals surface area contributed by atoms with Crippen LogP contribution in [-0.2, 0) is 6.42 Å². The normalized spacial score (nSPS) is 14.4. The first kappa shape index (κ1) is 18.7. The van der Waals surface area contributed by atoms with Crippen molar-refractivity contribution in [2.75, 3.05) is 31.1 Å². The predicted molar refractivity (Wildman–Crippen MR) is 116 cm³/mol. The molecule has 5 heterocycles. The van der Waals surface area contributed by atoms with Crippen molar-refractivity contribution in [3.8, 4) is 5.82 Å². The van der Waals surface area contributed by atoms with Gasteiger partial charge in [-0.3, -0.25) is 4.79 Å². The molecule has 0 atom stereocenters. The molecule has 1 fully saturated rings. The Bertz CT molecular complexity index is 1180. The number of amides is 1. The van der Waals surface area contributed by atoms with E-state index >= 15 is 0 Å². The molecule has 4 aromatic heterocycles. The summed E-state index contributed by atoms with van der Waals surface area (Å²) >= 11 is 1.62. The molecule has 0 N–H and O–H groups in total. The lowest BCUT2D eigenvalue weighted by molar-refractivity contribution is 0.0745. The van der Waals surface area contributed by atoms with Gasteiger partial charge in [-0.25, -0.2) is 19.6 Å². The van der Waals surface area contributed by atoms with Crippen LogP contribution in [0.3, 0.4) is 0 Å². The maximum absolute atomic E-state index is 13.2. The molecule has 1 saturated heterocycles. The Labute approximate surface area is 177 Å². The van der Waals surface area contributed by atoms with Crippen molar-refractivity contribution < 1.29 is 4.79 Å². The van der Waals surface area contributed by atoms with Crippen LogP contribution >= 0.6 is 11.3 Å². The fourth-order valence-corrected chi connectivity index (χ4v) is 4.62. The van der Waals surface area contributed by atoms with Gasteiger partial charge in [-0.05, 0) is 30.0 Å². The molecule has 9 heteroatoms. The van der Waals surface area contributed by atoms with Gasteiger partial charge in [0, 0.05) is 32.4 Å². The molecule has 0 bridgehead atoms. The molecule has 0 saturated carbocycles. The molecule has 4 aromatic rings. The SMILES string of the molecule is CCc1c(C(=O)N2CCN(c3ncnc4sccc34)CC2)cnn1-c1ccccn1. The van der Waals surface area contributed by atoms with Gasteiger partial charge in [-0.1, -0.05) is 13.0 Å². The molecule has 0 aliphatic carbocycles. The third-order valence-electron chi connectivity index (χ3n) is 5.41. The van der Waals surface area contributed by atoms with Gasteiger partial charge in [0.15, 0.2) is 5.82 Å². The molecular weight excluding hydrogens is 398 g/mol. The van der Waals surface area contributed by atoms with Gasteiger partial charge in [0.2, 0.25) is 0 Å². The number of hydrogen-bond donors (Lipinski definition) is 0. The summed E-state index contributed by atoms with van der Waals surface area (Å²) in [6, 6.07) is 7.74. The standard InChI is InChI=1S/C21H21N7OS/c1-2-17-16(13-25-28(17)18-5-3-4-7-22-18)21(29)27-10-8-26(9-11-27)19-15-6-12-30-20(15)24-14-23-19/h3-7,12-14H,2,8-11H2,1H3. The van der Waals surface area contributed by atoms with Crippen molar-refractivity contribution in [3.63, 3.8) is 0 Å². The Morgan fingerprint density at radius 3 is 2.73 bits per heavy atom. The van der Waals surface area contributed by atoms with E-state index in [9.17, 15) is 4.79 Å². The zero-order chi connectivity index (χ0) is 20.5. The first-order chi connectivity index (χ1) is 14.8. The highest BCUT2D eigenvalue weighted by molar-refractivity contribution is 7.16. The van der Waals surface area contributed by atoms with E-state index in [1.54, 1.807) is 34.7 Å². The minimum atomic E-state index is 0.0250. The maximum Gasteiger partial charge on any atom is 0.257 e. The van der Waals surface area contributed by atoms with Crippen LogP contribution in [0.4, 0.5) is 5.82 Å². The number of piperazine rings is 1. The molecule has 0 aromatic carbocycles. The Morgan fingerprint density at radius 2 is 1.97 bits per heavy atom. The van der Waals surface area contributed by atoms with Gasteiger partial charge >= 0.3 is 0 Å². The minimum absolute atomic E-state index is 0.0250. The number of nitrogens with zero attached hydrogens (tertiary/aromatic N) is 7. The molecule has 0 unspecified atom stereocenters. The Morgan fingerprint density at radius 1 is 1.10 bits per heavy atom. The lowest BCUT2D eigenvalue weighted by Crippen LogP contribution is -2.49. The summed E-state index contributed by atoms with van der Waals surface area (Å²) in [6.45, 7) is 4.80. The third kappa shape index (κ3) is 3.21. The van der Waals surface area contributed by atoms with E-state index in [-0.39, 0.29) is 5.91 Å². The molecule has 0 spiro atoms. The van der Waals surface area contributed by atoms with Gasteiger partial charge in [0.1, 0.15) is 17.0 Å².